The number of benzene rings is 2. The minimum Gasteiger partial charge on any atom is -0.462 e. The molecule has 1 heterocycles. The number of hydrogen-bond acceptors (Lipinski definition) is 6. The Kier molecular flexibility index (Phi) is 5.37. The molecule has 0 bridgehead atoms. The van der Waals surface area contributed by atoms with Crippen molar-refractivity contribution in [1.82, 2.24) is 4.98 Å². The van der Waals surface area contributed by atoms with Crippen LogP contribution in [0.3, 0.4) is 0 Å². The van der Waals surface area contributed by atoms with Gasteiger partial charge < -0.3 is 15.0 Å². The first-order chi connectivity index (χ1) is 13.5. The number of non-ortho nitro benzene ring substituents is 1. The number of H-pyrrole nitrogens is 1. The molecule has 3 rings (SSSR count). The minimum atomic E-state index is -0.704. The third-order valence-corrected chi connectivity index (χ3v) is 3.99. The molecular formula is C20H16N4O4. The normalized spacial score (nSPS) is 11.1. The summed E-state index contributed by atoms with van der Waals surface area (Å²) in [5, 5.41) is 24.2. The fraction of sp³-hybridized carbons (Fsp3) is 0.100. The number of rotatable bonds is 6. The maximum Gasteiger partial charge on any atom is 0.348 e. The van der Waals surface area contributed by atoms with Crippen LogP contribution in [0, 0.1) is 21.4 Å². The SMILES string of the molecule is CCOC(=O)C(C#N)=Cc1[nH]c2ccccc2c1Nc1ccc([N+](=O)[O-])cc1. The molecule has 140 valence electrons. The second-order valence-electron chi connectivity index (χ2n) is 5.78. The Balaban J connectivity index is 2.05. The Hall–Kier alpha value is -4.12. The molecule has 0 radical (unpaired) electrons. The molecule has 0 aliphatic rings. The Labute approximate surface area is 160 Å². The number of hydrogen-bond donors (Lipinski definition) is 2. The predicted molar refractivity (Wildman–Crippen MR) is 105 cm³/mol. The van der Waals surface area contributed by atoms with Crippen molar-refractivity contribution in [3.8, 4) is 6.07 Å². The molecule has 3 aromatic rings. The fourth-order valence-electron chi connectivity index (χ4n) is 2.71. The van der Waals surface area contributed by atoms with E-state index in [4.69, 9.17) is 4.74 Å². The van der Waals surface area contributed by atoms with Crippen LogP contribution in [0.1, 0.15) is 12.6 Å². The number of aromatic nitrogens is 1. The first kappa shape index (κ1) is 18.7. The van der Waals surface area contributed by atoms with E-state index in [2.05, 4.69) is 10.3 Å². The largest absolute Gasteiger partial charge is 0.462 e. The van der Waals surface area contributed by atoms with E-state index in [1.54, 1.807) is 19.1 Å². The highest BCUT2D eigenvalue weighted by Crippen LogP contribution is 2.32. The first-order valence-corrected chi connectivity index (χ1v) is 8.44. The zero-order chi connectivity index (χ0) is 20.1. The summed E-state index contributed by atoms with van der Waals surface area (Å²) in [6.07, 6.45) is 1.42. The van der Waals surface area contributed by atoms with Crippen molar-refractivity contribution < 1.29 is 14.5 Å². The van der Waals surface area contributed by atoms with E-state index in [0.717, 1.165) is 10.9 Å². The number of esters is 1. The molecule has 2 aromatic carbocycles. The third kappa shape index (κ3) is 3.83. The van der Waals surface area contributed by atoms with E-state index in [9.17, 15) is 20.2 Å². The summed E-state index contributed by atoms with van der Waals surface area (Å²) in [5.74, 6) is -0.704. The fourth-order valence-corrected chi connectivity index (χ4v) is 2.71. The van der Waals surface area contributed by atoms with Crippen LogP contribution in [0.5, 0.6) is 0 Å². The summed E-state index contributed by atoms with van der Waals surface area (Å²) in [6.45, 7) is 1.83. The van der Waals surface area contributed by atoms with Gasteiger partial charge >= 0.3 is 5.97 Å². The van der Waals surface area contributed by atoms with Crippen LogP contribution in [0.15, 0.2) is 54.1 Å². The van der Waals surface area contributed by atoms with Crippen molar-refractivity contribution >= 4 is 40.0 Å². The summed E-state index contributed by atoms with van der Waals surface area (Å²) in [5.41, 5.74) is 2.43. The van der Waals surface area contributed by atoms with Gasteiger partial charge in [0.15, 0.2) is 0 Å². The zero-order valence-corrected chi connectivity index (χ0v) is 14.9. The lowest BCUT2D eigenvalue weighted by molar-refractivity contribution is -0.384. The quantitative estimate of drug-likeness (QED) is 0.218. The van der Waals surface area contributed by atoms with E-state index >= 15 is 0 Å². The van der Waals surface area contributed by atoms with Crippen molar-refractivity contribution in [1.29, 1.82) is 5.26 Å². The lowest BCUT2D eigenvalue weighted by atomic mass is 10.1. The molecule has 0 amide bonds. The molecule has 0 saturated carbocycles. The van der Waals surface area contributed by atoms with E-state index in [-0.39, 0.29) is 17.9 Å². The standard InChI is InChI=1S/C20H16N4O4/c1-2-28-20(25)13(12-21)11-18-19(16-5-3-4-6-17(16)23-18)22-14-7-9-15(10-8-14)24(26)27/h3-11,22-23H,2H2,1H3. The van der Waals surface area contributed by atoms with Crippen LogP contribution in [0.2, 0.25) is 0 Å². The predicted octanol–water partition coefficient (Wildman–Crippen LogP) is 4.29. The van der Waals surface area contributed by atoms with Gasteiger partial charge in [0.05, 0.1) is 22.9 Å². The highest BCUT2D eigenvalue weighted by atomic mass is 16.6. The Bertz CT molecular complexity index is 1110. The molecule has 8 nitrogen and oxygen atoms in total. The van der Waals surface area contributed by atoms with Gasteiger partial charge in [0.1, 0.15) is 11.6 Å². The van der Waals surface area contributed by atoms with E-state index < -0.39 is 10.9 Å². The van der Waals surface area contributed by atoms with Crippen LogP contribution in [-0.4, -0.2) is 22.5 Å². The second-order valence-corrected chi connectivity index (χ2v) is 5.78. The molecule has 0 aliphatic heterocycles. The Morgan fingerprint density at radius 3 is 2.64 bits per heavy atom. The van der Waals surface area contributed by atoms with Gasteiger partial charge in [-0.3, -0.25) is 10.1 Å². The lowest BCUT2D eigenvalue weighted by Crippen LogP contribution is -2.06. The number of para-hydroxylation sites is 1. The monoisotopic (exact) mass is 376 g/mol. The van der Waals surface area contributed by atoms with Gasteiger partial charge in [0, 0.05) is 28.7 Å². The van der Waals surface area contributed by atoms with Crippen LogP contribution >= 0.6 is 0 Å². The van der Waals surface area contributed by atoms with Gasteiger partial charge in [-0.15, -0.1) is 0 Å². The van der Waals surface area contributed by atoms with Gasteiger partial charge in [-0.1, -0.05) is 18.2 Å². The Morgan fingerprint density at radius 2 is 2.00 bits per heavy atom. The van der Waals surface area contributed by atoms with Crippen LogP contribution in [0.4, 0.5) is 17.1 Å². The van der Waals surface area contributed by atoms with Gasteiger partial charge in [-0.25, -0.2) is 4.79 Å². The third-order valence-electron chi connectivity index (χ3n) is 3.99. The average molecular weight is 376 g/mol. The molecule has 1 aromatic heterocycles. The molecule has 0 spiro atoms. The average Bonchev–Trinajstić information content (AvgIpc) is 3.04. The molecule has 0 aliphatic carbocycles. The molecule has 8 heteroatoms. The molecule has 0 saturated heterocycles. The van der Waals surface area contributed by atoms with Crippen LogP contribution in [-0.2, 0) is 9.53 Å². The summed E-state index contributed by atoms with van der Waals surface area (Å²) < 4.78 is 4.91. The number of nitro benzene ring substituents is 1. The number of carbonyl (C=O) groups excluding carboxylic acids is 1. The topological polar surface area (TPSA) is 121 Å². The summed E-state index contributed by atoms with van der Waals surface area (Å²) in [7, 11) is 0. The molecule has 0 atom stereocenters. The van der Waals surface area contributed by atoms with Gasteiger partial charge in [-0.2, -0.15) is 5.26 Å². The highest BCUT2D eigenvalue weighted by Gasteiger charge is 2.15. The van der Waals surface area contributed by atoms with Gasteiger partial charge in [-0.05, 0) is 31.2 Å². The van der Waals surface area contributed by atoms with E-state index in [1.807, 2.05) is 30.3 Å². The second kappa shape index (κ2) is 8.05. The number of aromatic amines is 1. The van der Waals surface area contributed by atoms with Crippen molar-refractivity contribution in [2.24, 2.45) is 0 Å². The van der Waals surface area contributed by atoms with Gasteiger partial charge in [0.25, 0.3) is 5.69 Å². The first-order valence-electron chi connectivity index (χ1n) is 8.44. The molecule has 0 fully saturated rings. The maximum atomic E-state index is 12.0. The molecular weight excluding hydrogens is 360 g/mol. The number of nitrogens with one attached hydrogen (secondary N) is 2. The number of nitriles is 1. The van der Waals surface area contributed by atoms with E-state index in [1.165, 1.54) is 18.2 Å². The highest BCUT2D eigenvalue weighted by molar-refractivity contribution is 6.03. The van der Waals surface area contributed by atoms with Gasteiger partial charge in [0.2, 0.25) is 0 Å². The summed E-state index contributed by atoms with van der Waals surface area (Å²) in [4.78, 5) is 25.5. The van der Waals surface area contributed by atoms with Crippen LogP contribution < -0.4 is 5.32 Å². The molecule has 0 unspecified atom stereocenters. The number of fused-ring (bicyclic) bond motifs is 1. The summed E-state index contributed by atoms with van der Waals surface area (Å²) in [6, 6.07) is 15.3. The van der Waals surface area contributed by atoms with E-state index in [0.29, 0.717) is 17.1 Å². The number of nitrogens with zero attached hydrogens (tertiary/aromatic N) is 2. The lowest BCUT2D eigenvalue weighted by Gasteiger charge is -2.07. The number of carbonyl (C=O) groups is 1. The Morgan fingerprint density at radius 1 is 1.29 bits per heavy atom. The molecule has 28 heavy (non-hydrogen) atoms. The minimum absolute atomic E-state index is 0.0151. The molecule has 2 N–H and O–H groups in total. The summed E-state index contributed by atoms with van der Waals surface area (Å²) >= 11 is 0. The number of anilines is 2. The smallest absolute Gasteiger partial charge is 0.348 e. The van der Waals surface area contributed by atoms with Crippen LogP contribution in [0.25, 0.3) is 17.0 Å². The number of nitro groups is 1. The van der Waals surface area contributed by atoms with Crippen molar-refractivity contribution in [2.45, 2.75) is 6.92 Å². The van der Waals surface area contributed by atoms with Crippen molar-refractivity contribution in [3.63, 3.8) is 0 Å². The number of ether oxygens (including phenoxy) is 1. The maximum absolute atomic E-state index is 12.0. The van der Waals surface area contributed by atoms with Crippen molar-refractivity contribution in [3.05, 3.63) is 69.9 Å². The zero-order valence-electron chi connectivity index (χ0n) is 14.9. The van der Waals surface area contributed by atoms with Crippen molar-refractivity contribution in [2.75, 3.05) is 11.9 Å².